The molecule has 0 aromatic carbocycles. The van der Waals surface area contributed by atoms with Crippen molar-refractivity contribution in [2.45, 2.75) is 25.8 Å². The summed E-state index contributed by atoms with van der Waals surface area (Å²) in [5, 5.41) is 9.57. The lowest BCUT2D eigenvalue weighted by molar-refractivity contribution is -0.120. The largest absolute Gasteiger partial charge is 0.354 e. The molecule has 2 rings (SSSR count). The second-order valence-electron chi connectivity index (χ2n) is 5.52. The molecule has 0 fully saturated rings. The first-order chi connectivity index (χ1) is 10.3. The highest BCUT2D eigenvalue weighted by molar-refractivity contribution is 7.14. The van der Waals surface area contributed by atoms with Gasteiger partial charge in [-0.25, -0.2) is 4.98 Å². The number of hydrogen-bond donors (Lipinski definition) is 3. The highest BCUT2D eigenvalue weighted by Gasteiger charge is 2.14. The van der Waals surface area contributed by atoms with Gasteiger partial charge in [-0.3, -0.25) is 14.9 Å². The van der Waals surface area contributed by atoms with Crippen molar-refractivity contribution >= 4 is 64.4 Å². The molecule has 0 saturated heterocycles. The molecule has 134 valence electrons. The molecule has 2 aromatic rings. The van der Waals surface area contributed by atoms with Crippen molar-refractivity contribution < 1.29 is 9.59 Å². The van der Waals surface area contributed by atoms with Gasteiger partial charge in [-0.1, -0.05) is 6.07 Å². The number of nitrogens with one attached hydrogen (secondary N) is 2. The van der Waals surface area contributed by atoms with Crippen LogP contribution in [0.3, 0.4) is 0 Å². The molecule has 0 atom stereocenters. The van der Waals surface area contributed by atoms with Gasteiger partial charge in [0.1, 0.15) is 0 Å². The lowest BCUT2D eigenvalue weighted by Gasteiger charge is -2.18. The van der Waals surface area contributed by atoms with Gasteiger partial charge in [0.25, 0.3) is 5.91 Å². The third-order valence-corrected chi connectivity index (χ3v) is 4.28. The SMILES string of the molecule is CC(C)(N)CNC(=O)Cc1csc(NC(=O)c2cccs2)n1.Cl.Cl. The van der Waals surface area contributed by atoms with Crippen LogP contribution in [0.4, 0.5) is 5.13 Å². The van der Waals surface area contributed by atoms with E-state index in [1.54, 1.807) is 11.4 Å². The van der Waals surface area contributed by atoms with E-state index >= 15 is 0 Å². The Labute approximate surface area is 161 Å². The summed E-state index contributed by atoms with van der Waals surface area (Å²) in [6.07, 6.45) is 0.168. The summed E-state index contributed by atoms with van der Waals surface area (Å²) in [4.78, 5) is 28.6. The molecule has 0 aliphatic heterocycles. The molecule has 0 spiro atoms. The van der Waals surface area contributed by atoms with Crippen LogP contribution in [0.2, 0.25) is 0 Å². The highest BCUT2D eigenvalue weighted by Crippen LogP contribution is 2.18. The van der Waals surface area contributed by atoms with Crippen LogP contribution in [0.25, 0.3) is 0 Å². The number of nitrogens with zero attached hydrogens (tertiary/aromatic N) is 1. The van der Waals surface area contributed by atoms with Crippen molar-refractivity contribution in [1.82, 2.24) is 10.3 Å². The van der Waals surface area contributed by atoms with Crippen molar-refractivity contribution in [3.05, 3.63) is 33.5 Å². The summed E-state index contributed by atoms with van der Waals surface area (Å²) in [5.74, 6) is -0.329. The predicted octanol–water partition coefficient (Wildman–Crippen LogP) is 2.70. The van der Waals surface area contributed by atoms with Gasteiger partial charge < -0.3 is 11.1 Å². The highest BCUT2D eigenvalue weighted by atomic mass is 35.5. The summed E-state index contributed by atoms with van der Waals surface area (Å²) in [6, 6.07) is 3.56. The van der Waals surface area contributed by atoms with Crippen LogP contribution in [-0.4, -0.2) is 28.9 Å². The molecular formula is C14H20Cl2N4O2S2. The van der Waals surface area contributed by atoms with E-state index in [2.05, 4.69) is 15.6 Å². The predicted molar refractivity (Wildman–Crippen MR) is 104 cm³/mol. The Hall–Kier alpha value is -1.19. The van der Waals surface area contributed by atoms with Gasteiger partial charge in [0.05, 0.1) is 17.0 Å². The number of amides is 2. The standard InChI is InChI=1S/C14H18N4O2S2.2ClH/c1-14(2,15)8-16-11(19)6-9-7-22-13(17-9)18-12(20)10-4-3-5-21-10;;/h3-5,7H,6,8,15H2,1-2H3,(H,16,19)(H,17,18,20);2*1H. The third kappa shape index (κ3) is 7.59. The zero-order valence-electron chi connectivity index (χ0n) is 13.2. The lowest BCUT2D eigenvalue weighted by Crippen LogP contribution is -2.45. The molecule has 2 heterocycles. The minimum absolute atomic E-state index is 0. The van der Waals surface area contributed by atoms with Crippen LogP contribution < -0.4 is 16.4 Å². The Morgan fingerprint density at radius 3 is 2.58 bits per heavy atom. The van der Waals surface area contributed by atoms with E-state index in [1.165, 1.54) is 22.7 Å². The van der Waals surface area contributed by atoms with E-state index in [-0.39, 0.29) is 43.0 Å². The van der Waals surface area contributed by atoms with E-state index in [4.69, 9.17) is 5.73 Å². The Bertz CT molecular complexity index is 654. The van der Waals surface area contributed by atoms with Gasteiger partial charge in [-0.05, 0) is 25.3 Å². The zero-order chi connectivity index (χ0) is 16.2. The summed E-state index contributed by atoms with van der Waals surface area (Å²) in [5.41, 5.74) is 5.98. The van der Waals surface area contributed by atoms with Crippen molar-refractivity contribution in [2.24, 2.45) is 5.73 Å². The van der Waals surface area contributed by atoms with Gasteiger partial charge in [-0.2, -0.15) is 0 Å². The maximum atomic E-state index is 11.9. The first-order valence-corrected chi connectivity index (χ1v) is 8.44. The molecule has 10 heteroatoms. The Balaban J connectivity index is 0.00000264. The van der Waals surface area contributed by atoms with Crippen LogP contribution in [0.15, 0.2) is 22.9 Å². The average Bonchev–Trinajstić information content (AvgIpc) is 3.07. The molecule has 2 aromatic heterocycles. The Morgan fingerprint density at radius 1 is 1.29 bits per heavy atom. The lowest BCUT2D eigenvalue weighted by atomic mass is 10.1. The minimum atomic E-state index is -0.447. The van der Waals surface area contributed by atoms with Gasteiger partial charge >= 0.3 is 0 Å². The van der Waals surface area contributed by atoms with E-state index in [1.807, 2.05) is 25.3 Å². The number of thiazole rings is 1. The molecule has 4 N–H and O–H groups in total. The molecule has 0 bridgehead atoms. The minimum Gasteiger partial charge on any atom is -0.354 e. The maximum Gasteiger partial charge on any atom is 0.267 e. The molecule has 0 unspecified atom stereocenters. The molecule has 0 aliphatic carbocycles. The molecule has 0 radical (unpaired) electrons. The normalized spacial score (nSPS) is 10.3. The number of hydrogen-bond acceptors (Lipinski definition) is 6. The topological polar surface area (TPSA) is 97.1 Å². The Morgan fingerprint density at radius 2 is 2.00 bits per heavy atom. The van der Waals surface area contributed by atoms with Crippen LogP contribution in [0.5, 0.6) is 0 Å². The quantitative estimate of drug-likeness (QED) is 0.681. The molecule has 0 saturated carbocycles. The first kappa shape index (κ1) is 22.8. The van der Waals surface area contributed by atoms with Crippen LogP contribution in [0, 0.1) is 0 Å². The van der Waals surface area contributed by atoms with Gasteiger partial charge in [0, 0.05) is 17.5 Å². The van der Waals surface area contributed by atoms with Crippen LogP contribution in [0.1, 0.15) is 29.2 Å². The number of nitrogens with two attached hydrogens (primary N) is 1. The maximum absolute atomic E-state index is 11.9. The van der Waals surface area contributed by atoms with E-state index < -0.39 is 5.54 Å². The van der Waals surface area contributed by atoms with E-state index in [9.17, 15) is 9.59 Å². The summed E-state index contributed by atoms with van der Waals surface area (Å²) in [7, 11) is 0. The number of aromatic nitrogens is 1. The smallest absolute Gasteiger partial charge is 0.267 e. The number of halogens is 2. The van der Waals surface area contributed by atoms with Crippen molar-refractivity contribution in [1.29, 1.82) is 0 Å². The summed E-state index contributed by atoms with van der Waals surface area (Å²) in [6.45, 7) is 4.08. The second-order valence-corrected chi connectivity index (χ2v) is 7.32. The Kier molecular flexibility index (Phi) is 9.46. The van der Waals surface area contributed by atoms with Crippen molar-refractivity contribution in [3.8, 4) is 0 Å². The molecular weight excluding hydrogens is 391 g/mol. The zero-order valence-corrected chi connectivity index (χ0v) is 16.5. The fourth-order valence-corrected chi connectivity index (χ4v) is 2.89. The fourth-order valence-electron chi connectivity index (χ4n) is 1.57. The third-order valence-electron chi connectivity index (χ3n) is 2.60. The number of carbonyl (C=O) groups excluding carboxylic acids is 2. The second kappa shape index (κ2) is 9.95. The molecule has 24 heavy (non-hydrogen) atoms. The number of thiophene rings is 1. The average molecular weight is 411 g/mol. The first-order valence-electron chi connectivity index (χ1n) is 6.68. The number of anilines is 1. The molecule has 2 amide bonds. The number of rotatable bonds is 6. The van der Waals surface area contributed by atoms with Crippen molar-refractivity contribution in [3.63, 3.8) is 0 Å². The van der Waals surface area contributed by atoms with Crippen LogP contribution in [-0.2, 0) is 11.2 Å². The summed E-state index contributed by atoms with van der Waals surface area (Å²) >= 11 is 2.66. The summed E-state index contributed by atoms with van der Waals surface area (Å²) < 4.78 is 0. The van der Waals surface area contributed by atoms with E-state index in [0.29, 0.717) is 22.2 Å². The monoisotopic (exact) mass is 410 g/mol. The van der Waals surface area contributed by atoms with Crippen LogP contribution >= 0.6 is 47.5 Å². The van der Waals surface area contributed by atoms with Crippen molar-refractivity contribution in [2.75, 3.05) is 11.9 Å². The van der Waals surface area contributed by atoms with Gasteiger partial charge in [0.15, 0.2) is 5.13 Å². The number of carbonyl (C=O) groups is 2. The van der Waals surface area contributed by atoms with E-state index in [0.717, 1.165) is 0 Å². The molecule has 6 nitrogen and oxygen atoms in total. The van der Waals surface area contributed by atoms with Gasteiger partial charge in [-0.15, -0.1) is 47.5 Å². The fraction of sp³-hybridized carbons (Fsp3) is 0.357. The molecule has 0 aliphatic rings. The van der Waals surface area contributed by atoms with Gasteiger partial charge in [0.2, 0.25) is 5.91 Å².